The van der Waals surface area contributed by atoms with Crippen LogP contribution in [0.4, 0.5) is 0 Å². The molecule has 5 heteroatoms. The van der Waals surface area contributed by atoms with E-state index in [1.165, 1.54) is 0 Å². The number of nitrogens with zero attached hydrogens (tertiary/aromatic N) is 4. The molecule has 0 unspecified atom stereocenters. The van der Waals surface area contributed by atoms with Gasteiger partial charge in [-0.15, -0.1) is 0 Å². The van der Waals surface area contributed by atoms with E-state index in [1.807, 2.05) is 85.1 Å². The Labute approximate surface area is 280 Å². The third-order valence-electron chi connectivity index (χ3n) is 8.41. The first kappa shape index (κ1) is 29.0. The topological polar surface area (TPSA) is 63.6 Å². The Morgan fingerprint density at radius 1 is 0.417 bits per heavy atom. The maximum absolute atomic E-state index is 5.05. The molecule has 228 valence electrons. The fraction of sp³-hybridized carbons (Fsp3) is 0.0233. The van der Waals surface area contributed by atoms with Crippen molar-refractivity contribution in [1.29, 1.82) is 0 Å². The van der Waals surface area contributed by atoms with Crippen molar-refractivity contribution in [3.8, 4) is 67.7 Å². The highest BCUT2D eigenvalue weighted by Crippen LogP contribution is 2.34. The van der Waals surface area contributed by atoms with E-state index in [2.05, 4.69) is 95.3 Å². The molecule has 3 heterocycles. The largest absolute Gasteiger partial charge is 0.381 e. The van der Waals surface area contributed by atoms with E-state index >= 15 is 0 Å². The fourth-order valence-corrected chi connectivity index (χ4v) is 5.90. The summed E-state index contributed by atoms with van der Waals surface area (Å²) in [5.41, 5.74) is 11.5. The van der Waals surface area contributed by atoms with Crippen LogP contribution < -0.4 is 5.32 Å². The molecule has 0 fully saturated rings. The molecule has 0 aliphatic carbocycles. The minimum absolute atomic E-state index is 0.621. The Hall–Kier alpha value is -6.46. The molecule has 1 N–H and O–H groups in total. The minimum Gasteiger partial charge on any atom is -0.381 e. The van der Waals surface area contributed by atoms with Gasteiger partial charge in [0, 0.05) is 40.7 Å². The summed E-state index contributed by atoms with van der Waals surface area (Å²) in [6.45, 7) is 0.833. The lowest BCUT2D eigenvalue weighted by Crippen LogP contribution is -2.14. The first-order chi connectivity index (χ1) is 23.8. The second-order valence-corrected chi connectivity index (χ2v) is 11.6. The number of aromatic nitrogens is 4. The Bertz CT molecular complexity index is 2180. The van der Waals surface area contributed by atoms with E-state index in [4.69, 9.17) is 15.0 Å². The van der Waals surface area contributed by atoms with Crippen LogP contribution in [-0.4, -0.2) is 26.5 Å². The smallest absolute Gasteiger partial charge is 0.164 e. The molecule has 48 heavy (non-hydrogen) atoms. The number of dihydropyridines is 1. The lowest BCUT2D eigenvalue weighted by Gasteiger charge is -2.14. The maximum atomic E-state index is 5.05. The van der Waals surface area contributed by atoms with Crippen molar-refractivity contribution in [3.63, 3.8) is 0 Å². The molecule has 0 atom stereocenters. The van der Waals surface area contributed by atoms with Gasteiger partial charge >= 0.3 is 0 Å². The molecule has 1 aliphatic heterocycles. The third kappa shape index (κ3) is 6.17. The Morgan fingerprint density at radius 3 is 1.44 bits per heavy atom. The van der Waals surface area contributed by atoms with Crippen LogP contribution in [0.25, 0.3) is 73.4 Å². The molecular formula is C43H31N5. The molecule has 7 aromatic rings. The van der Waals surface area contributed by atoms with Crippen LogP contribution in [0.15, 0.2) is 170 Å². The van der Waals surface area contributed by atoms with Gasteiger partial charge in [-0.3, -0.25) is 4.98 Å². The van der Waals surface area contributed by atoms with Crippen molar-refractivity contribution >= 4 is 5.70 Å². The highest BCUT2D eigenvalue weighted by molar-refractivity contribution is 5.82. The lowest BCUT2D eigenvalue weighted by atomic mass is 9.94. The Morgan fingerprint density at radius 2 is 0.917 bits per heavy atom. The molecule has 0 saturated heterocycles. The summed E-state index contributed by atoms with van der Waals surface area (Å²) < 4.78 is 0. The zero-order valence-corrected chi connectivity index (χ0v) is 26.2. The van der Waals surface area contributed by atoms with Crippen molar-refractivity contribution in [2.75, 3.05) is 6.54 Å². The van der Waals surface area contributed by atoms with Crippen molar-refractivity contribution in [2.45, 2.75) is 0 Å². The van der Waals surface area contributed by atoms with E-state index < -0.39 is 0 Å². The highest BCUT2D eigenvalue weighted by Gasteiger charge is 2.15. The Kier molecular flexibility index (Phi) is 7.91. The summed E-state index contributed by atoms with van der Waals surface area (Å²) >= 11 is 0. The second-order valence-electron chi connectivity index (χ2n) is 11.6. The van der Waals surface area contributed by atoms with Gasteiger partial charge in [0.2, 0.25) is 0 Å². The summed E-state index contributed by atoms with van der Waals surface area (Å²) in [4.78, 5) is 19.5. The van der Waals surface area contributed by atoms with Crippen LogP contribution in [-0.2, 0) is 0 Å². The monoisotopic (exact) mass is 617 g/mol. The summed E-state index contributed by atoms with van der Waals surface area (Å²) in [6.07, 6.45) is 8.14. The molecule has 0 spiro atoms. The Balaban J connectivity index is 1.27. The summed E-state index contributed by atoms with van der Waals surface area (Å²) in [7, 11) is 0. The fourth-order valence-electron chi connectivity index (χ4n) is 5.90. The van der Waals surface area contributed by atoms with E-state index in [1.54, 1.807) is 0 Å². The minimum atomic E-state index is 0.621. The first-order valence-corrected chi connectivity index (χ1v) is 16.0. The standard InChI is InChI=1S/C43H31N5/c1-3-11-34(12-4-1)41-46-42(35-13-5-2-6-14-35)48-43(47-41)38-28-36(30-17-21-32(22-18-30)39-15-7-9-25-44-39)27-37(29-38)31-19-23-33(24-20-31)40-16-8-10-26-45-40/h1-25,27-29,45H,26H2. The van der Waals surface area contributed by atoms with Crippen LogP contribution >= 0.6 is 0 Å². The van der Waals surface area contributed by atoms with E-state index in [0.29, 0.717) is 17.5 Å². The summed E-state index contributed by atoms with van der Waals surface area (Å²) in [6, 6.07) is 50.0. The highest BCUT2D eigenvalue weighted by atomic mass is 15.0. The van der Waals surface area contributed by atoms with Gasteiger partial charge in [-0.1, -0.05) is 127 Å². The quantitative estimate of drug-likeness (QED) is 0.193. The van der Waals surface area contributed by atoms with Gasteiger partial charge in [-0.25, -0.2) is 15.0 Å². The van der Waals surface area contributed by atoms with Crippen LogP contribution in [0, 0.1) is 0 Å². The van der Waals surface area contributed by atoms with Gasteiger partial charge in [0.1, 0.15) is 0 Å². The number of hydrogen-bond donors (Lipinski definition) is 1. The van der Waals surface area contributed by atoms with Crippen LogP contribution in [0.3, 0.4) is 0 Å². The van der Waals surface area contributed by atoms with Gasteiger partial charge in [0.05, 0.1) is 5.69 Å². The summed E-state index contributed by atoms with van der Waals surface area (Å²) in [5.74, 6) is 1.89. The van der Waals surface area contributed by atoms with Gasteiger partial charge < -0.3 is 5.32 Å². The number of nitrogens with one attached hydrogen (secondary N) is 1. The molecule has 0 bridgehead atoms. The molecule has 0 amide bonds. The normalized spacial score (nSPS) is 12.3. The zero-order chi connectivity index (χ0) is 32.1. The first-order valence-electron chi connectivity index (χ1n) is 16.0. The van der Waals surface area contributed by atoms with Crippen molar-refractivity contribution < 1.29 is 0 Å². The van der Waals surface area contributed by atoms with E-state index in [9.17, 15) is 0 Å². The van der Waals surface area contributed by atoms with E-state index in [-0.39, 0.29) is 0 Å². The SMILES string of the molecule is C1=CCNC(c2ccc(-c3cc(-c4ccc(-c5ccccn5)cc4)cc(-c4nc(-c5ccccc5)nc(-c5ccccc5)n4)c3)cc2)=C1. The van der Waals surface area contributed by atoms with Crippen LogP contribution in [0.2, 0.25) is 0 Å². The third-order valence-corrected chi connectivity index (χ3v) is 8.41. The number of benzene rings is 5. The van der Waals surface area contributed by atoms with Crippen molar-refractivity contribution in [3.05, 3.63) is 176 Å². The summed E-state index contributed by atoms with van der Waals surface area (Å²) in [5, 5.41) is 3.46. The van der Waals surface area contributed by atoms with Gasteiger partial charge in [0.15, 0.2) is 17.5 Å². The van der Waals surface area contributed by atoms with Gasteiger partial charge in [-0.05, 0) is 64.2 Å². The number of pyridine rings is 1. The van der Waals surface area contributed by atoms with Crippen LogP contribution in [0.5, 0.6) is 0 Å². The van der Waals surface area contributed by atoms with Gasteiger partial charge in [0.25, 0.3) is 0 Å². The van der Waals surface area contributed by atoms with Crippen LogP contribution in [0.1, 0.15) is 5.56 Å². The molecule has 0 saturated carbocycles. The zero-order valence-electron chi connectivity index (χ0n) is 26.2. The number of hydrogen-bond acceptors (Lipinski definition) is 5. The van der Waals surface area contributed by atoms with E-state index in [0.717, 1.165) is 68.0 Å². The average molecular weight is 618 g/mol. The second kappa shape index (κ2) is 13.1. The van der Waals surface area contributed by atoms with Crippen molar-refractivity contribution in [1.82, 2.24) is 25.3 Å². The predicted molar refractivity (Wildman–Crippen MR) is 195 cm³/mol. The van der Waals surface area contributed by atoms with Gasteiger partial charge in [-0.2, -0.15) is 0 Å². The molecule has 5 nitrogen and oxygen atoms in total. The molecule has 8 rings (SSSR count). The predicted octanol–water partition coefficient (Wildman–Crippen LogP) is 9.77. The van der Waals surface area contributed by atoms with Crippen molar-refractivity contribution in [2.24, 2.45) is 0 Å². The molecule has 5 aromatic carbocycles. The lowest BCUT2D eigenvalue weighted by molar-refractivity contribution is 0.996. The number of rotatable bonds is 7. The average Bonchev–Trinajstić information content (AvgIpc) is 3.19. The maximum Gasteiger partial charge on any atom is 0.164 e. The molecule has 2 aromatic heterocycles. The molecule has 0 radical (unpaired) electrons. The number of allylic oxidation sites excluding steroid dienone is 2. The molecule has 1 aliphatic rings. The molecular weight excluding hydrogens is 587 g/mol.